The number of benzene rings is 2. The molecule has 5 nitrogen and oxygen atoms in total. The zero-order chi connectivity index (χ0) is 22.1. The van der Waals surface area contributed by atoms with E-state index in [1.807, 2.05) is 0 Å². The molecule has 2 aromatic carbocycles. The van der Waals surface area contributed by atoms with Crippen molar-refractivity contribution in [2.45, 2.75) is 18.7 Å². The Morgan fingerprint density at radius 3 is 2.60 bits per heavy atom. The molecule has 30 heavy (non-hydrogen) atoms. The molecule has 0 radical (unpaired) electrons. The van der Waals surface area contributed by atoms with Crippen LogP contribution in [-0.2, 0) is 11.2 Å². The summed E-state index contributed by atoms with van der Waals surface area (Å²) in [4.78, 5) is 11.2. The first kappa shape index (κ1) is 21.6. The van der Waals surface area contributed by atoms with Crippen molar-refractivity contribution in [1.82, 2.24) is 0 Å². The van der Waals surface area contributed by atoms with Gasteiger partial charge in [-0.25, -0.2) is 4.79 Å². The molecule has 0 bridgehead atoms. The number of methoxy groups -OCH3 is 1. The van der Waals surface area contributed by atoms with Crippen LogP contribution in [0.5, 0.6) is 23.0 Å². The van der Waals surface area contributed by atoms with Gasteiger partial charge in [-0.05, 0) is 36.3 Å². The lowest BCUT2D eigenvalue weighted by Crippen LogP contribution is -2.40. The van der Waals surface area contributed by atoms with Gasteiger partial charge in [0.1, 0.15) is 11.5 Å². The van der Waals surface area contributed by atoms with Gasteiger partial charge in [-0.15, -0.1) is 6.58 Å². The molecule has 0 saturated carbocycles. The Hall–Kier alpha value is -3.13. The van der Waals surface area contributed by atoms with E-state index in [0.717, 1.165) is 11.6 Å². The number of hydrogen-bond donors (Lipinski definition) is 1. The van der Waals surface area contributed by atoms with Crippen LogP contribution in [0.25, 0.3) is 6.08 Å². The number of hydrogen-bond acceptors (Lipinski definition) is 4. The summed E-state index contributed by atoms with van der Waals surface area (Å²) in [5, 5.41) is 9.17. The molecule has 0 amide bonds. The Morgan fingerprint density at radius 2 is 2.00 bits per heavy atom. The predicted octanol–water partition coefficient (Wildman–Crippen LogP) is 5.66. The minimum atomic E-state index is -4.91. The van der Waals surface area contributed by atoms with Crippen LogP contribution in [0.2, 0.25) is 5.02 Å². The fourth-order valence-electron chi connectivity index (χ4n) is 2.90. The zero-order valence-electron chi connectivity index (χ0n) is 15.6. The first-order valence-electron chi connectivity index (χ1n) is 8.61. The lowest BCUT2D eigenvalue weighted by molar-refractivity contribution is -0.187. The van der Waals surface area contributed by atoms with Gasteiger partial charge in [0, 0.05) is 11.6 Å². The molecule has 2 aromatic rings. The molecule has 1 unspecified atom stereocenters. The molecule has 1 atom stereocenters. The summed E-state index contributed by atoms with van der Waals surface area (Å²) in [7, 11) is 1.45. The van der Waals surface area contributed by atoms with Crippen LogP contribution in [0.3, 0.4) is 0 Å². The first-order chi connectivity index (χ1) is 14.1. The minimum absolute atomic E-state index is 0.0262. The average Bonchev–Trinajstić information content (AvgIpc) is 2.68. The third kappa shape index (κ3) is 4.38. The fourth-order valence-corrected chi connectivity index (χ4v) is 3.11. The quantitative estimate of drug-likeness (QED) is 0.587. The van der Waals surface area contributed by atoms with Gasteiger partial charge in [-0.3, -0.25) is 0 Å². The van der Waals surface area contributed by atoms with Gasteiger partial charge in [-0.1, -0.05) is 23.7 Å². The van der Waals surface area contributed by atoms with E-state index in [1.165, 1.54) is 19.2 Å². The second-order valence-electron chi connectivity index (χ2n) is 6.34. The summed E-state index contributed by atoms with van der Waals surface area (Å²) in [5.41, 5.74) is 0.0891. The second kappa shape index (κ2) is 8.31. The third-order valence-corrected chi connectivity index (χ3v) is 4.57. The Bertz CT molecular complexity index is 1030. The van der Waals surface area contributed by atoms with Crippen molar-refractivity contribution in [3.8, 4) is 23.0 Å². The lowest BCUT2D eigenvalue weighted by Gasteiger charge is -2.27. The first-order valence-corrected chi connectivity index (χ1v) is 8.99. The van der Waals surface area contributed by atoms with Crippen LogP contribution < -0.4 is 14.2 Å². The molecule has 0 aliphatic carbocycles. The summed E-state index contributed by atoms with van der Waals surface area (Å²) in [6.45, 7) is 3.67. The second-order valence-corrected chi connectivity index (χ2v) is 6.75. The highest BCUT2D eigenvalue weighted by atomic mass is 35.5. The van der Waals surface area contributed by atoms with Crippen LogP contribution >= 0.6 is 11.6 Å². The minimum Gasteiger partial charge on any atom is -0.493 e. The largest absolute Gasteiger partial charge is 0.493 e. The van der Waals surface area contributed by atoms with E-state index in [9.17, 15) is 18.0 Å². The third-order valence-electron chi connectivity index (χ3n) is 4.27. The van der Waals surface area contributed by atoms with E-state index < -0.39 is 23.8 Å². The fraction of sp³-hybridized carbons (Fsp3) is 0.190. The SMILES string of the molecule is C=CCc1ccc(Oc2cc3c(cc2Cl)C=C(C(=O)O)C(C(F)(F)F)O3)c(OC)c1. The molecule has 0 saturated heterocycles. The number of allylic oxidation sites excluding steroid dienone is 1. The molecule has 0 fully saturated rings. The number of alkyl halides is 3. The molecule has 1 aliphatic heterocycles. The molecule has 0 spiro atoms. The number of fused-ring (bicyclic) bond motifs is 1. The maximum atomic E-state index is 13.3. The monoisotopic (exact) mass is 440 g/mol. The van der Waals surface area contributed by atoms with Crippen LogP contribution in [0.15, 0.2) is 48.6 Å². The normalized spacial score (nSPS) is 15.5. The number of carboxylic acid groups (broad SMARTS) is 1. The van der Waals surface area contributed by atoms with Gasteiger partial charge in [0.2, 0.25) is 6.10 Å². The van der Waals surface area contributed by atoms with Crippen molar-refractivity contribution >= 4 is 23.6 Å². The van der Waals surface area contributed by atoms with E-state index in [-0.39, 0.29) is 27.8 Å². The maximum Gasteiger partial charge on any atom is 0.430 e. The Morgan fingerprint density at radius 1 is 1.27 bits per heavy atom. The van der Waals surface area contributed by atoms with E-state index in [2.05, 4.69) is 6.58 Å². The molecule has 1 N–H and O–H groups in total. The molecule has 0 aromatic heterocycles. The van der Waals surface area contributed by atoms with Gasteiger partial charge in [0.15, 0.2) is 11.5 Å². The standard InChI is InChI=1S/C21H16ClF3O5/c1-3-4-11-5-6-15(18(7-11)28-2)29-17-10-16-12(9-14(17)22)8-13(20(26)27)19(30-16)21(23,24)25/h3,5-10,19H,1,4H2,2H3,(H,26,27). The van der Waals surface area contributed by atoms with E-state index >= 15 is 0 Å². The molecule has 1 heterocycles. The van der Waals surface area contributed by atoms with Crippen molar-refractivity contribution < 1.29 is 37.3 Å². The summed E-state index contributed by atoms with van der Waals surface area (Å²) in [6.07, 6.45) is -4.29. The maximum absolute atomic E-state index is 13.3. The Kier molecular flexibility index (Phi) is 5.98. The van der Waals surface area contributed by atoms with Crippen LogP contribution in [0, 0.1) is 0 Å². The summed E-state index contributed by atoms with van der Waals surface area (Å²) in [5.74, 6) is -1.23. The molecule has 3 rings (SSSR count). The van der Waals surface area contributed by atoms with E-state index in [1.54, 1.807) is 24.3 Å². The van der Waals surface area contributed by atoms with Crippen molar-refractivity contribution in [1.29, 1.82) is 0 Å². The summed E-state index contributed by atoms with van der Waals surface area (Å²) < 4.78 is 55.8. The van der Waals surface area contributed by atoms with Gasteiger partial charge >= 0.3 is 12.1 Å². The number of halogens is 4. The number of ether oxygens (including phenoxy) is 3. The molecule has 1 aliphatic rings. The van der Waals surface area contributed by atoms with Crippen molar-refractivity contribution in [3.05, 3.63) is 64.7 Å². The molecular formula is C21H16ClF3O5. The van der Waals surface area contributed by atoms with E-state index in [4.69, 9.17) is 30.9 Å². The molecule has 9 heteroatoms. The zero-order valence-corrected chi connectivity index (χ0v) is 16.4. The lowest BCUT2D eigenvalue weighted by atomic mass is 10.0. The number of carbonyl (C=O) groups is 1. The summed E-state index contributed by atoms with van der Waals surface area (Å²) >= 11 is 6.21. The van der Waals surface area contributed by atoms with Gasteiger partial charge in [0.25, 0.3) is 0 Å². The van der Waals surface area contributed by atoms with Gasteiger partial charge in [-0.2, -0.15) is 13.2 Å². The smallest absolute Gasteiger partial charge is 0.430 e. The van der Waals surface area contributed by atoms with E-state index in [0.29, 0.717) is 12.2 Å². The number of carboxylic acids is 1. The highest BCUT2D eigenvalue weighted by Gasteiger charge is 2.48. The Labute approximate surface area is 174 Å². The van der Waals surface area contributed by atoms with Crippen LogP contribution in [-0.4, -0.2) is 30.5 Å². The van der Waals surface area contributed by atoms with Gasteiger partial charge in [0.05, 0.1) is 17.7 Å². The molecule has 158 valence electrons. The van der Waals surface area contributed by atoms with Crippen LogP contribution in [0.1, 0.15) is 11.1 Å². The highest BCUT2D eigenvalue weighted by molar-refractivity contribution is 6.32. The van der Waals surface area contributed by atoms with Crippen molar-refractivity contribution in [2.75, 3.05) is 7.11 Å². The topological polar surface area (TPSA) is 65.0 Å². The summed E-state index contributed by atoms with van der Waals surface area (Å²) in [6, 6.07) is 7.61. The van der Waals surface area contributed by atoms with Crippen molar-refractivity contribution in [2.24, 2.45) is 0 Å². The number of aliphatic carboxylic acids is 1. The van der Waals surface area contributed by atoms with Gasteiger partial charge < -0.3 is 19.3 Å². The average molecular weight is 441 g/mol. The Balaban J connectivity index is 1.99. The van der Waals surface area contributed by atoms with Crippen LogP contribution in [0.4, 0.5) is 13.2 Å². The van der Waals surface area contributed by atoms with Crippen molar-refractivity contribution in [3.63, 3.8) is 0 Å². The highest BCUT2D eigenvalue weighted by Crippen LogP contribution is 2.43. The molecular weight excluding hydrogens is 425 g/mol. The number of rotatable bonds is 6. The predicted molar refractivity (Wildman–Crippen MR) is 105 cm³/mol.